The molecule has 11 heteroatoms. The molecule has 4 rings (SSSR count). The largest absolute Gasteiger partial charge is 0.495 e. The highest BCUT2D eigenvalue weighted by atomic mass is 35.5. The molecule has 1 N–H and O–H groups in total. The van der Waals surface area contributed by atoms with Gasteiger partial charge in [0.15, 0.2) is 0 Å². The highest BCUT2D eigenvalue weighted by Crippen LogP contribution is 2.32. The summed E-state index contributed by atoms with van der Waals surface area (Å²) in [6, 6.07) is 26.0. The smallest absolute Gasteiger partial charge is 0.264 e. The van der Waals surface area contributed by atoms with Crippen molar-refractivity contribution in [1.82, 2.24) is 10.2 Å². The molecule has 0 spiro atoms. The highest BCUT2D eigenvalue weighted by molar-refractivity contribution is 7.92. The van der Waals surface area contributed by atoms with Crippen molar-refractivity contribution < 1.29 is 27.1 Å². The van der Waals surface area contributed by atoms with Gasteiger partial charge >= 0.3 is 0 Å². The van der Waals surface area contributed by atoms with Crippen LogP contribution in [0.4, 0.5) is 10.1 Å². The van der Waals surface area contributed by atoms with E-state index in [-0.39, 0.29) is 34.5 Å². The van der Waals surface area contributed by atoms with Gasteiger partial charge in [0, 0.05) is 19.5 Å². The van der Waals surface area contributed by atoms with Gasteiger partial charge in [-0.1, -0.05) is 79.2 Å². The maximum Gasteiger partial charge on any atom is 0.264 e. The number of rotatable bonds is 14. The van der Waals surface area contributed by atoms with E-state index in [0.717, 1.165) is 9.87 Å². The predicted octanol–water partition coefficient (Wildman–Crippen LogP) is 5.85. The molecule has 0 aliphatic heterocycles. The zero-order chi connectivity index (χ0) is 32.4. The minimum absolute atomic E-state index is 0.0312. The Labute approximate surface area is 268 Å². The Morgan fingerprint density at radius 3 is 2.16 bits per heavy atom. The zero-order valence-corrected chi connectivity index (χ0v) is 26.6. The second-order valence-corrected chi connectivity index (χ2v) is 12.6. The number of nitrogens with zero attached hydrogens (tertiary/aromatic N) is 2. The monoisotopic (exact) mass is 651 g/mol. The molecule has 0 bridgehead atoms. The quantitative estimate of drug-likeness (QED) is 0.185. The lowest BCUT2D eigenvalue weighted by atomic mass is 10.0. The molecule has 4 aromatic rings. The molecule has 4 aromatic carbocycles. The van der Waals surface area contributed by atoms with Crippen molar-refractivity contribution in [3.8, 4) is 5.75 Å². The number of anilines is 1. The van der Waals surface area contributed by atoms with Gasteiger partial charge in [0.1, 0.15) is 24.2 Å². The van der Waals surface area contributed by atoms with Crippen LogP contribution in [0.25, 0.3) is 0 Å². The number of sulfonamides is 1. The van der Waals surface area contributed by atoms with Crippen LogP contribution in [0, 0.1) is 5.82 Å². The Morgan fingerprint density at radius 2 is 1.56 bits per heavy atom. The second-order valence-electron chi connectivity index (χ2n) is 10.3. The number of carbonyl (C=O) groups is 2. The fourth-order valence-corrected chi connectivity index (χ4v) is 6.44. The maximum absolute atomic E-state index is 14.4. The maximum atomic E-state index is 14.4. The number of nitrogens with one attached hydrogen (secondary N) is 1. The molecule has 1 atom stereocenters. The van der Waals surface area contributed by atoms with Gasteiger partial charge in [0.25, 0.3) is 10.0 Å². The van der Waals surface area contributed by atoms with Crippen LogP contribution in [0.1, 0.15) is 24.5 Å². The summed E-state index contributed by atoms with van der Waals surface area (Å²) in [5.41, 5.74) is 1.51. The van der Waals surface area contributed by atoms with Gasteiger partial charge < -0.3 is 15.0 Å². The summed E-state index contributed by atoms with van der Waals surface area (Å²) in [4.78, 5) is 29.4. The first-order chi connectivity index (χ1) is 21.6. The molecule has 0 heterocycles. The van der Waals surface area contributed by atoms with Crippen LogP contribution in [0.15, 0.2) is 108 Å². The summed E-state index contributed by atoms with van der Waals surface area (Å²) < 4.78 is 48.1. The van der Waals surface area contributed by atoms with Crippen molar-refractivity contribution in [2.24, 2.45) is 0 Å². The van der Waals surface area contributed by atoms with E-state index in [4.69, 9.17) is 16.3 Å². The number of carbonyl (C=O) groups excluding carboxylic acids is 2. The van der Waals surface area contributed by atoms with Crippen molar-refractivity contribution in [3.63, 3.8) is 0 Å². The zero-order valence-electron chi connectivity index (χ0n) is 25.0. The second kappa shape index (κ2) is 15.5. The van der Waals surface area contributed by atoms with Crippen LogP contribution in [0.3, 0.4) is 0 Å². The van der Waals surface area contributed by atoms with Gasteiger partial charge in [-0.15, -0.1) is 0 Å². The minimum Gasteiger partial charge on any atom is -0.495 e. The van der Waals surface area contributed by atoms with Crippen molar-refractivity contribution in [1.29, 1.82) is 0 Å². The third-order valence-corrected chi connectivity index (χ3v) is 9.20. The van der Waals surface area contributed by atoms with Crippen LogP contribution >= 0.6 is 11.6 Å². The average Bonchev–Trinajstić information content (AvgIpc) is 3.05. The molecule has 8 nitrogen and oxygen atoms in total. The number of benzene rings is 4. The first kappa shape index (κ1) is 33.5. The van der Waals surface area contributed by atoms with Gasteiger partial charge in [-0.2, -0.15) is 0 Å². The summed E-state index contributed by atoms with van der Waals surface area (Å²) in [6.07, 6.45) is 0.847. The van der Waals surface area contributed by atoms with E-state index in [0.29, 0.717) is 24.3 Å². The number of hydrogen-bond donors (Lipinski definition) is 1. The molecule has 0 saturated heterocycles. The third kappa shape index (κ3) is 8.61. The molecular formula is C34H35ClFN3O5S. The fraction of sp³-hybridized carbons (Fsp3) is 0.235. The Bertz CT molecular complexity index is 1690. The molecule has 0 aromatic heterocycles. The fourth-order valence-electron chi connectivity index (χ4n) is 4.77. The normalized spacial score (nSPS) is 11.8. The first-order valence-electron chi connectivity index (χ1n) is 14.4. The molecule has 0 saturated carbocycles. The molecule has 0 radical (unpaired) electrons. The molecule has 0 unspecified atom stereocenters. The van der Waals surface area contributed by atoms with Crippen molar-refractivity contribution in [3.05, 3.63) is 125 Å². The molecule has 0 aliphatic carbocycles. The molecule has 236 valence electrons. The first-order valence-corrected chi connectivity index (χ1v) is 16.2. The van der Waals surface area contributed by atoms with E-state index in [9.17, 15) is 22.4 Å². The van der Waals surface area contributed by atoms with Crippen LogP contribution in [0.2, 0.25) is 5.02 Å². The predicted molar refractivity (Wildman–Crippen MR) is 173 cm³/mol. The lowest BCUT2D eigenvalue weighted by Gasteiger charge is -2.34. The van der Waals surface area contributed by atoms with E-state index in [1.165, 1.54) is 66.6 Å². The minimum atomic E-state index is -4.28. The van der Waals surface area contributed by atoms with E-state index in [1.807, 2.05) is 37.3 Å². The molecular weight excluding hydrogens is 617 g/mol. The number of halogens is 2. The molecule has 2 amide bonds. The number of methoxy groups -OCH3 is 1. The van der Waals surface area contributed by atoms with Crippen LogP contribution in [-0.4, -0.2) is 51.4 Å². The topological polar surface area (TPSA) is 96.0 Å². The summed E-state index contributed by atoms with van der Waals surface area (Å²) >= 11 is 6.39. The SMILES string of the molecule is CCCNC(=O)[C@H](Cc1ccccc1)N(Cc1ccc(F)cc1)C(=O)CN(c1ccc(OC)c(Cl)c1)S(=O)(=O)c1ccccc1. The number of ether oxygens (including phenoxy) is 1. The van der Waals surface area contributed by atoms with Gasteiger partial charge in [0.2, 0.25) is 11.8 Å². The van der Waals surface area contributed by atoms with Crippen LogP contribution < -0.4 is 14.4 Å². The third-order valence-electron chi connectivity index (χ3n) is 7.12. The van der Waals surface area contributed by atoms with E-state index in [1.54, 1.807) is 18.2 Å². The molecule has 0 aliphatic rings. The summed E-state index contributed by atoms with van der Waals surface area (Å²) in [7, 11) is -2.84. The lowest BCUT2D eigenvalue weighted by molar-refractivity contribution is -0.140. The van der Waals surface area contributed by atoms with Gasteiger partial charge in [-0.3, -0.25) is 13.9 Å². The van der Waals surface area contributed by atoms with Crippen LogP contribution in [-0.2, 0) is 32.6 Å². The van der Waals surface area contributed by atoms with E-state index >= 15 is 0 Å². The number of hydrogen-bond acceptors (Lipinski definition) is 5. The van der Waals surface area contributed by atoms with Crippen LogP contribution in [0.5, 0.6) is 5.75 Å². The molecule has 45 heavy (non-hydrogen) atoms. The standard InChI is InChI=1S/C34H35ClFN3O5S/c1-3-20-37-34(41)31(21-25-10-6-4-7-11-25)38(23-26-14-16-27(36)17-15-26)33(40)24-39(28-18-19-32(44-2)30(35)22-28)45(42,43)29-12-8-5-9-13-29/h4-19,22,31H,3,20-21,23-24H2,1-2H3,(H,37,41)/t31-/m0/s1. The Morgan fingerprint density at radius 1 is 0.911 bits per heavy atom. The van der Waals surface area contributed by atoms with Crippen molar-refractivity contribution >= 4 is 39.1 Å². The lowest BCUT2D eigenvalue weighted by Crippen LogP contribution is -2.53. The van der Waals surface area contributed by atoms with Crippen molar-refractivity contribution in [2.75, 3.05) is 24.5 Å². The Balaban J connectivity index is 1.81. The van der Waals surface area contributed by atoms with E-state index < -0.39 is 34.3 Å². The average molecular weight is 652 g/mol. The van der Waals surface area contributed by atoms with Gasteiger partial charge in [-0.25, -0.2) is 12.8 Å². The summed E-state index contributed by atoms with van der Waals surface area (Å²) in [5, 5.41) is 3.04. The number of amides is 2. The molecule has 0 fully saturated rings. The van der Waals surface area contributed by atoms with Gasteiger partial charge in [-0.05, 0) is 60.0 Å². The Hall–Kier alpha value is -4.41. The Kier molecular flexibility index (Phi) is 11.6. The summed E-state index contributed by atoms with van der Waals surface area (Å²) in [5.74, 6) is -1.15. The van der Waals surface area contributed by atoms with E-state index in [2.05, 4.69) is 5.32 Å². The highest BCUT2D eigenvalue weighted by Gasteiger charge is 2.34. The summed E-state index contributed by atoms with van der Waals surface area (Å²) in [6.45, 7) is 1.59. The van der Waals surface area contributed by atoms with Crippen molar-refractivity contribution in [2.45, 2.75) is 37.2 Å². The van der Waals surface area contributed by atoms with Gasteiger partial charge in [0.05, 0.1) is 22.7 Å².